The lowest BCUT2D eigenvalue weighted by molar-refractivity contribution is 0.0697. The summed E-state index contributed by atoms with van der Waals surface area (Å²) in [4.78, 5) is 18.0. The molecule has 0 saturated carbocycles. The number of hydrogen-bond acceptors (Lipinski definition) is 3. The number of carbonyl (C=O) groups is 1. The van der Waals surface area contributed by atoms with Gasteiger partial charge in [-0.05, 0) is 44.2 Å². The molecule has 1 aromatic rings. The molecule has 0 atom stereocenters. The number of hydrogen-bond donors (Lipinski definition) is 1. The van der Waals surface area contributed by atoms with Gasteiger partial charge in [-0.2, -0.15) is 0 Å². The standard InChI is InChI=1S/C15H20N2O2/c1-3-9-17(4-2)14-12(15(18)19)10-11-7-5-6-8-13(11)16-14/h3,10H,1,4-9H2,2H3,(H,18,19). The van der Waals surface area contributed by atoms with Crippen molar-refractivity contribution in [1.82, 2.24) is 4.98 Å². The van der Waals surface area contributed by atoms with E-state index < -0.39 is 5.97 Å². The third kappa shape index (κ3) is 2.78. The fourth-order valence-electron chi connectivity index (χ4n) is 2.54. The van der Waals surface area contributed by atoms with Crippen molar-refractivity contribution in [3.63, 3.8) is 0 Å². The van der Waals surface area contributed by atoms with E-state index in [2.05, 4.69) is 11.6 Å². The number of aromatic nitrogens is 1. The van der Waals surface area contributed by atoms with Crippen molar-refractivity contribution in [2.24, 2.45) is 0 Å². The fourth-order valence-corrected chi connectivity index (χ4v) is 2.54. The highest BCUT2D eigenvalue weighted by Crippen LogP contribution is 2.26. The van der Waals surface area contributed by atoms with Gasteiger partial charge in [0.25, 0.3) is 0 Å². The Labute approximate surface area is 113 Å². The van der Waals surface area contributed by atoms with E-state index in [9.17, 15) is 9.90 Å². The molecule has 0 spiro atoms. The molecule has 0 bridgehead atoms. The molecule has 102 valence electrons. The van der Waals surface area contributed by atoms with Crippen molar-refractivity contribution in [3.8, 4) is 0 Å². The molecule has 0 fully saturated rings. The Morgan fingerprint density at radius 1 is 1.53 bits per heavy atom. The van der Waals surface area contributed by atoms with Crippen LogP contribution in [0.5, 0.6) is 0 Å². The Morgan fingerprint density at radius 2 is 2.26 bits per heavy atom. The number of fused-ring (bicyclic) bond motifs is 1. The van der Waals surface area contributed by atoms with Gasteiger partial charge in [0.15, 0.2) is 0 Å². The lowest BCUT2D eigenvalue weighted by Crippen LogP contribution is -2.27. The van der Waals surface area contributed by atoms with Crippen LogP contribution in [0.15, 0.2) is 18.7 Å². The zero-order chi connectivity index (χ0) is 13.8. The van der Waals surface area contributed by atoms with E-state index in [1.54, 1.807) is 6.08 Å². The Hall–Kier alpha value is -1.84. The van der Waals surface area contributed by atoms with Gasteiger partial charge in [0.1, 0.15) is 11.4 Å². The average Bonchev–Trinajstić information content (AvgIpc) is 2.43. The van der Waals surface area contributed by atoms with Gasteiger partial charge >= 0.3 is 5.97 Å². The summed E-state index contributed by atoms with van der Waals surface area (Å²) in [5, 5.41) is 9.39. The van der Waals surface area contributed by atoms with Crippen molar-refractivity contribution < 1.29 is 9.90 Å². The second-order valence-corrected chi connectivity index (χ2v) is 4.80. The molecule has 2 rings (SSSR count). The largest absolute Gasteiger partial charge is 0.478 e. The van der Waals surface area contributed by atoms with Gasteiger partial charge in [-0.1, -0.05) is 6.08 Å². The average molecular weight is 260 g/mol. The number of aromatic carboxylic acids is 1. The number of anilines is 1. The van der Waals surface area contributed by atoms with E-state index >= 15 is 0 Å². The Bertz CT molecular complexity index is 497. The first-order valence-corrected chi connectivity index (χ1v) is 6.79. The van der Waals surface area contributed by atoms with Crippen molar-refractivity contribution in [2.75, 3.05) is 18.0 Å². The molecule has 0 unspecified atom stereocenters. The van der Waals surface area contributed by atoms with Crippen molar-refractivity contribution in [1.29, 1.82) is 0 Å². The molecule has 0 saturated heterocycles. The molecule has 0 aliphatic heterocycles. The molecule has 19 heavy (non-hydrogen) atoms. The van der Waals surface area contributed by atoms with Crippen LogP contribution in [0.3, 0.4) is 0 Å². The monoisotopic (exact) mass is 260 g/mol. The highest BCUT2D eigenvalue weighted by atomic mass is 16.4. The minimum Gasteiger partial charge on any atom is -0.478 e. The van der Waals surface area contributed by atoms with E-state index in [1.807, 2.05) is 17.9 Å². The number of rotatable bonds is 5. The van der Waals surface area contributed by atoms with Crippen LogP contribution in [0.1, 0.15) is 41.4 Å². The second kappa shape index (κ2) is 5.87. The quantitative estimate of drug-likeness (QED) is 0.827. The van der Waals surface area contributed by atoms with Gasteiger partial charge in [-0.15, -0.1) is 6.58 Å². The van der Waals surface area contributed by atoms with Crippen LogP contribution in [-0.4, -0.2) is 29.1 Å². The fraction of sp³-hybridized carbons (Fsp3) is 0.467. The molecule has 0 aromatic carbocycles. The Kier molecular flexibility index (Phi) is 4.20. The first-order valence-electron chi connectivity index (χ1n) is 6.79. The zero-order valence-electron chi connectivity index (χ0n) is 11.4. The summed E-state index contributed by atoms with van der Waals surface area (Å²) in [6, 6.07) is 1.81. The minimum absolute atomic E-state index is 0.310. The summed E-state index contributed by atoms with van der Waals surface area (Å²) in [6.07, 6.45) is 5.93. The highest BCUT2D eigenvalue weighted by Gasteiger charge is 2.21. The Morgan fingerprint density at radius 3 is 2.89 bits per heavy atom. The smallest absolute Gasteiger partial charge is 0.339 e. The minimum atomic E-state index is -0.904. The van der Waals surface area contributed by atoms with Crippen LogP contribution in [0.25, 0.3) is 0 Å². The number of pyridine rings is 1. The lowest BCUT2D eigenvalue weighted by Gasteiger charge is -2.25. The molecular formula is C15H20N2O2. The molecule has 1 N–H and O–H groups in total. The summed E-state index contributed by atoms with van der Waals surface area (Å²) in [7, 11) is 0. The molecular weight excluding hydrogens is 240 g/mol. The molecule has 0 amide bonds. The number of nitrogens with zero attached hydrogens (tertiary/aromatic N) is 2. The van der Waals surface area contributed by atoms with E-state index in [4.69, 9.17) is 0 Å². The molecule has 1 aliphatic carbocycles. The maximum atomic E-state index is 11.4. The van der Waals surface area contributed by atoms with Gasteiger partial charge in [-0.25, -0.2) is 9.78 Å². The molecule has 4 nitrogen and oxygen atoms in total. The summed E-state index contributed by atoms with van der Waals surface area (Å²) in [6.45, 7) is 7.05. The van der Waals surface area contributed by atoms with E-state index in [0.29, 0.717) is 17.9 Å². The van der Waals surface area contributed by atoms with E-state index in [-0.39, 0.29) is 0 Å². The third-order valence-electron chi connectivity index (χ3n) is 3.54. The molecule has 1 aromatic heterocycles. The summed E-state index contributed by atoms with van der Waals surface area (Å²) < 4.78 is 0. The van der Waals surface area contributed by atoms with Gasteiger partial charge < -0.3 is 10.0 Å². The highest BCUT2D eigenvalue weighted by molar-refractivity contribution is 5.93. The van der Waals surface area contributed by atoms with Crippen molar-refractivity contribution >= 4 is 11.8 Å². The van der Waals surface area contributed by atoms with Crippen LogP contribution in [0, 0.1) is 0 Å². The van der Waals surface area contributed by atoms with Gasteiger partial charge in [0.2, 0.25) is 0 Å². The first-order chi connectivity index (χ1) is 9.17. The summed E-state index contributed by atoms with van der Waals surface area (Å²) >= 11 is 0. The third-order valence-corrected chi connectivity index (χ3v) is 3.54. The van der Waals surface area contributed by atoms with Crippen molar-refractivity contribution in [2.45, 2.75) is 32.6 Å². The number of carboxylic acids is 1. The maximum absolute atomic E-state index is 11.4. The van der Waals surface area contributed by atoms with E-state index in [1.165, 1.54) is 0 Å². The zero-order valence-corrected chi connectivity index (χ0v) is 11.4. The SMILES string of the molecule is C=CCN(CC)c1nc2c(cc1C(=O)O)CCCC2. The van der Waals surface area contributed by atoms with Crippen LogP contribution in [0.2, 0.25) is 0 Å². The molecule has 1 heterocycles. The maximum Gasteiger partial charge on any atom is 0.339 e. The number of carboxylic acid groups (broad SMARTS) is 1. The predicted molar refractivity (Wildman–Crippen MR) is 75.9 cm³/mol. The van der Waals surface area contributed by atoms with Gasteiger partial charge in [0, 0.05) is 18.8 Å². The van der Waals surface area contributed by atoms with E-state index in [0.717, 1.165) is 43.5 Å². The Balaban J connectivity index is 2.50. The van der Waals surface area contributed by atoms with Crippen LogP contribution in [-0.2, 0) is 12.8 Å². The molecule has 1 aliphatic rings. The van der Waals surface area contributed by atoms with Crippen LogP contribution >= 0.6 is 0 Å². The topological polar surface area (TPSA) is 53.4 Å². The van der Waals surface area contributed by atoms with Crippen LogP contribution in [0.4, 0.5) is 5.82 Å². The predicted octanol–water partition coefficient (Wildman–Crippen LogP) is 2.67. The summed E-state index contributed by atoms with van der Waals surface area (Å²) in [5.41, 5.74) is 2.47. The van der Waals surface area contributed by atoms with Crippen molar-refractivity contribution in [3.05, 3.63) is 35.5 Å². The van der Waals surface area contributed by atoms with Gasteiger partial charge in [0.05, 0.1) is 0 Å². The van der Waals surface area contributed by atoms with Crippen LogP contribution < -0.4 is 4.90 Å². The molecule has 4 heteroatoms. The lowest BCUT2D eigenvalue weighted by atomic mass is 9.94. The number of aryl methyl sites for hydroxylation is 2. The van der Waals surface area contributed by atoms with Gasteiger partial charge in [-0.3, -0.25) is 0 Å². The second-order valence-electron chi connectivity index (χ2n) is 4.80. The summed E-state index contributed by atoms with van der Waals surface area (Å²) in [5.74, 6) is -0.325. The molecule has 0 radical (unpaired) electrons. The first kappa shape index (κ1) is 13.6. The normalized spacial score (nSPS) is 13.7. The number of likely N-dealkylation sites (N-methyl/N-ethyl adjacent to an activating group) is 1.